The van der Waals surface area contributed by atoms with Gasteiger partial charge in [-0.3, -0.25) is 4.57 Å². The second-order valence-electron chi connectivity index (χ2n) is 11.9. The fourth-order valence-electron chi connectivity index (χ4n) is 7.25. The number of hydrogen-bond acceptors (Lipinski definition) is 2. The van der Waals surface area contributed by atoms with Gasteiger partial charge in [0.1, 0.15) is 5.82 Å². The van der Waals surface area contributed by atoms with Crippen LogP contribution in [0.15, 0.2) is 128 Å². The van der Waals surface area contributed by atoms with Crippen LogP contribution >= 0.6 is 0 Å². The van der Waals surface area contributed by atoms with E-state index >= 15 is 0 Å². The van der Waals surface area contributed by atoms with Gasteiger partial charge in [-0.2, -0.15) is 0 Å². The summed E-state index contributed by atoms with van der Waals surface area (Å²) in [4.78, 5) is 9.89. The Kier molecular flexibility index (Phi) is 4.67. The summed E-state index contributed by atoms with van der Waals surface area (Å²) in [6, 6.07) is 43.9. The molecule has 0 saturated heterocycles. The maximum Gasteiger partial charge on any atom is 0.162 e. The summed E-state index contributed by atoms with van der Waals surface area (Å²) in [6.07, 6.45) is 1.83. The normalized spacial score (nSPS) is 13.7. The average molecular weight is 538 g/mol. The first-order valence-electron chi connectivity index (χ1n) is 14.5. The van der Waals surface area contributed by atoms with Gasteiger partial charge in [0.2, 0.25) is 0 Å². The molecule has 3 heteroatoms. The van der Waals surface area contributed by atoms with Crippen molar-refractivity contribution in [2.75, 3.05) is 0 Å². The zero-order valence-electron chi connectivity index (χ0n) is 23.5. The summed E-state index contributed by atoms with van der Waals surface area (Å²) >= 11 is 0. The lowest BCUT2D eigenvalue weighted by Crippen LogP contribution is -2.23. The maximum atomic E-state index is 5.17. The van der Waals surface area contributed by atoms with Crippen molar-refractivity contribution in [3.63, 3.8) is 0 Å². The lowest BCUT2D eigenvalue weighted by molar-refractivity contribution is 0.646. The monoisotopic (exact) mass is 537 g/mol. The largest absolute Gasteiger partial charge is 0.294 e. The topological polar surface area (TPSA) is 30.7 Å². The molecule has 3 heterocycles. The van der Waals surface area contributed by atoms with Crippen LogP contribution in [0.1, 0.15) is 25.0 Å². The van der Waals surface area contributed by atoms with Crippen LogP contribution < -0.4 is 0 Å². The van der Waals surface area contributed by atoms with Crippen molar-refractivity contribution >= 4 is 43.6 Å². The van der Waals surface area contributed by atoms with Crippen molar-refractivity contribution in [1.82, 2.24) is 14.5 Å². The molecule has 42 heavy (non-hydrogen) atoms. The molecule has 3 aromatic heterocycles. The van der Waals surface area contributed by atoms with E-state index in [2.05, 4.69) is 134 Å². The first kappa shape index (κ1) is 23.4. The van der Waals surface area contributed by atoms with Gasteiger partial charge < -0.3 is 0 Å². The van der Waals surface area contributed by atoms with Crippen LogP contribution in [0.2, 0.25) is 0 Å². The molecule has 9 rings (SSSR count). The number of pyridine rings is 2. The molecule has 5 aromatic carbocycles. The number of rotatable bonds is 2. The summed E-state index contributed by atoms with van der Waals surface area (Å²) < 4.78 is 2.34. The first-order chi connectivity index (χ1) is 20.6. The molecule has 0 amide bonds. The van der Waals surface area contributed by atoms with Crippen molar-refractivity contribution in [1.29, 1.82) is 0 Å². The Bertz CT molecular complexity index is 2370. The highest BCUT2D eigenvalue weighted by Gasteiger charge is 2.34. The van der Waals surface area contributed by atoms with Crippen LogP contribution in [0, 0.1) is 0 Å². The van der Waals surface area contributed by atoms with Gasteiger partial charge in [-0.25, -0.2) is 9.97 Å². The summed E-state index contributed by atoms with van der Waals surface area (Å²) in [5.41, 5.74) is 10.5. The van der Waals surface area contributed by atoms with E-state index in [1.54, 1.807) is 0 Å². The minimum Gasteiger partial charge on any atom is -0.294 e. The van der Waals surface area contributed by atoms with Crippen LogP contribution in [-0.2, 0) is 5.41 Å². The summed E-state index contributed by atoms with van der Waals surface area (Å²) in [7, 11) is 0. The van der Waals surface area contributed by atoms with E-state index in [4.69, 9.17) is 9.97 Å². The Balaban J connectivity index is 1.41. The third-order valence-electron chi connectivity index (χ3n) is 9.24. The van der Waals surface area contributed by atoms with Crippen LogP contribution in [-0.4, -0.2) is 14.5 Å². The lowest BCUT2D eigenvalue weighted by Gasteiger charge is -2.35. The van der Waals surface area contributed by atoms with Gasteiger partial charge in [0, 0.05) is 27.8 Å². The number of benzene rings is 5. The Labute approximate surface area is 243 Å². The molecule has 0 fully saturated rings. The maximum absolute atomic E-state index is 5.17. The molecular weight excluding hydrogens is 510 g/mol. The summed E-state index contributed by atoms with van der Waals surface area (Å²) in [5.74, 6) is 0.877. The van der Waals surface area contributed by atoms with Gasteiger partial charge in [0.15, 0.2) is 5.65 Å². The average Bonchev–Trinajstić information content (AvgIpc) is 3.36. The van der Waals surface area contributed by atoms with Crippen LogP contribution in [0.4, 0.5) is 0 Å². The molecule has 1 aliphatic carbocycles. The van der Waals surface area contributed by atoms with E-state index in [1.807, 2.05) is 12.3 Å². The van der Waals surface area contributed by atoms with Crippen molar-refractivity contribution in [2.24, 2.45) is 0 Å². The Hall–Kier alpha value is -5.28. The van der Waals surface area contributed by atoms with Crippen molar-refractivity contribution in [3.8, 4) is 28.1 Å². The van der Waals surface area contributed by atoms with Crippen molar-refractivity contribution in [3.05, 3.63) is 139 Å². The molecule has 1 aliphatic rings. The van der Waals surface area contributed by atoms with Gasteiger partial charge in [-0.1, -0.05) is 98.8 Å². The number of fused-ring (bicyclic) bond motifs is 6. The van der Waals surface area contributed by atoms with Gasteiger partial charge in [0.05, 0.1) is 11.0 Å². The van der Waals surface area contributed by atoms with Crippen molar-refractivity contribution < 1.29 is 0 Å². The van der Waals surface area contributed by atoms with Crippen LogP contribution in [0.5, 0.6) is 0 Å². The lowest BCUT2D eigenvalue weighted by atomic mass is 9.68. The third kappa shape index (κ3) is 3.11. The van der Waals surface area contributed by atoms with Crippen LogP contribution in [0.25, 0.3) is 71.7 Å². The smallest absolute Gasteiger partial charge is 0.162 e. The molecule has 0 aliphatic heterocycles. The minimum atomic E-state index is -0.160. The second-order valence-corrected chi connectivity index (χ2v) is 11.9. The van der Waals surface area contributed by atoms with Gasteiger partial charge in [-0.05, 0) is 80.6 Å². The molecule has 0 radical (unpaired) electrons. The van der Waals surface area contributed by atoms with E-state index in [9.17, 15) is 0 Å². The molecular formula is C39H27N3. The number of para-hydroxylation sites is 1. The SMILES string of the molecule is CC1(C)c2cc3c(cc2-c2cccc4cccc1c24)c1ccccc1n3-c1cc(-c2ccccc2)c2cccnc2n1. The predicted octanol–water partition coefficient (Wildman–Crippen LogP) is 9.85. The highest BCUT2D eigenvalue weighted by molar-refractivity contribution is 6.13. The Morgan fingerprint density at radius 2 is 1.36 bits per heavy atom. The number of hydrogen-bond donors (Lipinski definition) is 0. The summed E-state index contributed by atoms with van der Waals surface area (Å²) in [6.45, 7) is 4.72. The fourth-order valence-corrected chi connectivity index (χ4v) is 7.25. The molecule has 198 valence electrons. The zero-order valence-corrected chi connectivity index (χ0v) is 23.5. The fraction of sp³-hybridized carbons (Fsp3) is 0.0769. The number of aromatic nitrogens is 3. The van der Waals surface area contributed by atoms with Gasteiger partial charge in [0.25, 0.3) is 0 Å². The Morgan fingerprint density at radius 1 is 0.571 bits per heavy atom. The molecule has 0 atom stereocenters. The van der Waals surface area contributed by atoms with Gasteiger partial charge >= 0.3 is 0 Å². The van der Waals surface area contributed by atoms with E-state index < -0.39 is 0 Å². The third-order valence-corrected chi connectivity index (χ3v) is 9.24. The van der Waals surface area contributed by atoms with Crippen molar-refractivity contribution in [2.45, 2.75) is 19.3 Å². The number of nitrogens with zero attached hydrogens (tertiary/aromatic N) is 3. The molecule has 0 bridgehead atoms. The second kappa shape index (κ2) is 8.37. The van der Waals surface area contributed by atoms with E-state index in [-0.39, 0.29) is 5.41 Å². The Morgan fingerprint density at radius 3 is 2.24 bits per heavy atom. The predicted molar refractivity (Wildman–Crippen MR) is 174 cm³/mol. The van der Waals surface area contributed by atoms with E-state index in [0.29, 0.717) is 0 Å². The standard InChI is InChI=1S/C39H27N3/c1-39(2)32-18-9-14-25-13-8-16-27(37(25)32)30-21-31-26-15-6-7-19-34(26)42(35(31)23-33(30)39)36-22-29(24-11-4-3-5-12-24)28-17-10-20-40-38(28)41-36/h3-23H,1-2H3. The van der Waals surface area contributed by atoms with Crippen LogP contribution in [0.3, 0.4) is 0 Å². The molecule has 0 N–H and O–H groups in total. The van der Waals surface area contributed by atoms with E-state index in [1.165, 1.54) is 43.8 Å². The van der Waals surface area contributed by atoms with Gasteiger partial charge in [-0.15, -0.1) is 0 Å². The minimum absolute atomic E-state index is 0.160. The quantitative estimate of drug-likeness (QED) is 0.220. The highest BCUT2D eigenvalue weighted by Crippen LogP contribution is 2.50. The highest BCUT2D eigenvalue weighted by atomic mass is 15.1. The first-order valence-corrected chi connectivity index (χ1v) is 14.5. The molecule has 0 saturated carbocycles. The van der Waals surface area contributed by atoms with E-state index in [0.717, 1.165) is 39.0 Å². The molecule has 3 nitrogen and oxygen atoms in total. The zero-order chi connectivity index (χ0) is 28.0. The summed E-state index contributed by atoms with van der Waals surface area (Å²) in [5, 5.41) is 6.18. The molecule has 0 unspecified atom stereocenters. The molecule has 8 aromatic rings. The molecule has 0 spiro atoms.